The highest BCUT2D eigenvalue weighted by Crippen LogP contribution is 2.35. The van der Waals surface area contributed by atoms with Crippen LogP contribution < -0.4 is 0 Å². The Labute approximate surface area is 110 Å². The molecular formula is C13H8F2OS2. The number of aliphatic hydroxyl groups is 1. The first-order chi connectivity index (χ1) is 8.63. The van der Waals surface area contributed by atoms with Crippen molar-refractivity contribution in [2.45, 2.75) is 6.10 Å². The second-order valence-corrected chi connectivity index (χ2v) is 5.97. The zero-order valence-electron chi connectivity index (χ0n) is 9.06. The summed E-state index contributed by atoms with van der Waals surface area (Å²) >= 11 is 3.01. The van der Waals surface area contributed by atoms with Gasteiger partial charge in [0.05, 0.1) is 0 Å². The molecule has 1 unspecified atom stereocenters. The van der Waals surface area contributed by atoms with E-state index in [1.807, 2.05) is 17.5 Å². The number of aliphatic hydroxyl groups excluding tert-OH is 1. The van der Waals surface area contributed by atoms with Gasteiger partial charge < -0.3 is 5.11 Å². The fraction of sp³-hybridized carbons (Fsp3) is 0.0769. The second kappa shape index (κ2) is 4.42. The number of halogens is 2. The van der Waals surface area contributed by atoms with E-state index in [0.717, 1.165) is 27.6 Å². The normalized spacial score (nSPS) is 13.1. The fourth-order valence-corrected chi connectivity index (χ4v) is 3.95. The average molecular weight is 282 g/mol. The van der Waals surface area contributed by atoms with Crippen molar-refractivity contribution < 1.29 is 13.9 Å². The number of hydrogen-bond acceptors (Lipinski definition) is 3. The van der Waals surface area contributed by atoms with Crippen LogP contribution in [0.5, 0.6) is 0 Å². The molecule has 0 saturated heterocycles. The first kappa shape index (κ1) is 11.8. The van der Waals surface area contributed by atoms with Gasteiger partial charge in [-0.15, -0.1) is 22.7 Å². The van der Waals surface area contributed by atoms with Gasteiger partial charge in [0.15, 0.2) is 0 Å². The molecule has 1 nitrogen and oxygen atoms in total. The zero-order chi connectivity index (χ0) is 12.7. The molecule has 0 bridgehead atoms. The van der Waals surface area contributed by atoms with Crippen LogP contribution in [0.15, 0.2) is 35.7 Å². The highest BCUT2D eigenvalue weighted by atomic mass is 32.1. The number of thiophene rings is 2. The summed E-state index contributed by atoms with van der Waals surface area (Å²) in [6.45, 7) is 0. The smallest absolute Gasteiger partial charge is 0.126 e. The maximum atomic E-state index is 13.1. The van der Waals surface area contributed by atoms with Crippen LogP contribution in [0, 0.1) is 11.6 Å². The Morgan fingerprint density at radius 3 is 2.39 bits per heavy atom. The number of hydrogen-bond donors (Lipinski definition) is 1. The predicted molar refractivity (Wildman–Crippen MR) is 70.1 cm³/mol. The third-order valence-corrected chi connectivity index (χ3v) is 4.77. The molecule has 2 heterocycles. The molecule has 1 aromatic carbocycles. The molecule has 1 N–H and O–H groups in total. The zero-order valence-corrected chi connectivity index (χ0v) is 10.7. The van der Waals surface area contributed by atoms with Gasteiger partial charge in [-0.25, -0.2) is 8.78 Å². The molecule has 3 rings (SSSR count). The maximum absolute atomic E-state index is 13.1. The first-order valence-corrected chi connectivity index (χ1v) is 6.94. The van der Waals surface area contributed by atoms with Crippen LogP contribution in [0.2, 0.25) is 0 Å². The average Bonchev–Trinajstić information content (AvgIpc) is 2.86. The van der Waals surface area contributed by atoms with Crippen LogP contribution >= 0.6 is 22.7 Å². The lowest BCUT2D eigenvalue weighted by molar-refractivity contribution is 0.223. The molecule has 0 aliphatic rings. The Bertz CT molecular complexity index is 653. The summed E-state index contributed by atoms with van der Waals surface area (Å²) in [7, 11) is 0. The molecule has 3 aromatic rings. The minimum atomic E-state index is -0.986. The maximum Gasteiger partial charge on any atom is 0.126 e. The van der Waals surface area contributed by atoms with Crippen LogP contribution in [-0.2, 0) is 0 Å². The molecule has 92 valence electrons. The summed E-state index contributed by atoms with van der Waals surface area (Å²) in [5, 5.41) is 12.1. The lowest BCUT2D eigenvalue weighted by atomic mass is 10.1. The van der Waals surface area contributed by atoms with Crippen LogP contribution in [0.3, 0.4) is 0 Å². The van der Waals surface area contributed by atoms with Crippen molar-refractivity contribution in [3.8, 4) is 0 Å². The Balaban J connectivity index is 2.03. The summed E-state index contributed by atoms with van der Waals surface area (Å²) in [5.74, 6) is -1.36. The molecule has 1 atom stereocenters. The Morgan fingerprint density at radius 1 is 1.00 bits per heavy atom. The number of benzene rings is 1. The van der Waals surface area contributed by atoms with Crippen LogP contribution in [0.4, 0.5) is 8.78 Å². The molecule has 0 radical (unpaired) electrons. The van der Waals surface area contributed by atoms with Crippen molar-refractivity contribution in [1.29, 1.82) is 0 Å². The van der Waals surface area contributed by atoms with E-state index in [9.17, 15) is 13.9 Å². The number of rotatable bonds is 2. The largest absolute Gasteiger partial charge is 0.383 e. The van der Waals surface area contributed by atoms with Crippen LogP contribution in [-0.4, -0.2) is 5.11 Å². The van der Waals surface area contributed by atoms with Gasteiger partial charge in [0.25, 0.3) is 0 Å². The fourth-order valence-electron chi connectivity index (χ4n) is 1.82. The molecule has 5 heteroatoms. The van der Waals surface area contributed by atoms with E-state index < -0.39 is 17.7 Å². The van der Waals surface area contributed by atoms with Gasteiger partial charge >= 0.3 is 0 Å². The van der Waals surface area contributed by atoms with E-state index >= 15 is 0 Å². The van der Waals surface area contributed by atoms with E-state index in [1.165, 1.54) is 11.3 Å². The first-order valence-electron chi connectivity index (χ1n) is 5.24. The molecule has 0 aliphatic heterocycles. The molecule has 0 aliphatic carbocycles. The van der Waals surface area contributed by atoms with E-state index in [0.29, 0.717) is 4.88 Å². The van der Waals surface area contributed by atoms with Crippen molar-refractivity contribution >= 4 is 32.1 Å². The molecule has 18 heavy (non-hydrogen) atoms. The van der Waals surface area contributed by atoms with Gasteiger partial charge in [-0.1, -0.05) is 0 Å². The van der Waals surface area contributed by atoms with Crippen LogP contribution in [0.1, 0.15) is 16.5 Å². The molecule has 0 spiro atoms. The summed E-state index contributed by atoms with van der Waals surface area (Å²) in [6.07, 6.45) is -0.986. The van der Waals surface area contributed by atoms with Gasteiger partial charge in [0.1, 0.15) is 17.7 Å². The quantitative estimate of drug-likeness (QED) is 0.742. The van der Waals surface area contributed by atoms with Crippen molar-refractivity contribution in [2.75, 3.05) is 0 Å². The second-order valence-electron chi connectivity index (χ2n) is 3.90. The molecular weight excluding hydrogens is 274 g/mol. The molecule has 0 amide bonds. The van der Waals surface area contributed by atoms with Gasteiger partial charge in [0, 0.05) is 20.3 Å². The van der Waals surface area contributed by atoms with Gasteiger partial charge in [0.2, 0.25) is 0 Å². The van der Waals surface area contributed by atoms with Crippen molar-refractivity contribution in [1.82, 2.24) is 0 Å². The predicted octanol–water partition coefficient (Wildman–Crippen LogP) is 4.32. The van der Waals surface area contributed by atoms with Gasteiger partial charge in [-0.3, -0.25) is 0 Å². The Hall–Kier alpha value is -1.30. The monoisotopic (exact) mass is 282 g/mol. The van der Waals surface area contributed by atoms with E-state index in [-0.39, 0.29) is 5.56 Å². The third kappa shape index (κ3) is 2.05. The minimum absolute atomic E-state index is 0.237. The third-order valence-electron chi connectivity index (χ3n) is 2.63. The lowest BCUT2D eigenvalue weighted by Gasteiger charge is -2.08. The lowest BCUT2D eigenvalue weighted by Crippen LogP contribution is -1.98. The summed E-state index contributed by atoms with van der Waals surface area (Å²) in [4.78, 5) is 0.696. The highest BCUT2D eigenvalue weighted by molar-refractivity contribution is 7.26. The molecule has 0 fully saturated rings. The Kier molecular flexibility index (Phi) is 2.89. The van der Waals surface area contributed by atoms with E-state index in [4.69, 9.17) is 0 Å². The Morgan fingerprint density at radius 2 is 1.72 bits per heavy atom. The van der Waals surface area contributed by atoms with E-state index in [1.54, 1.807) is 11.3 Å². The molecule has 2 aromatic heterocycles. The van der Waals surface area contributed by atoms with Gasteiger partial charge in [-0.2, -0.15) is 0 Å². The van der Waals surface area contributed by atoms with E-state index in [2.05, 4.69) is 0 Å². The van der Waals surface area contributed by atoms with Crippen molar-refractivity contribution in [3.05, 3.63) is 57.8 Å². The highest BCUT2D eigenvalue weighted by Gasteiger charge is 2.16. The SMILES string of the molecule is OC(c1cc(F)cc(F)c1)c1cc2sccc2s1. The van der Waals surface area contributed by atoms with Crippen molar-refractivity contribution in [3.63, 3.8) is 0 Å². The summed E-state index contributed by atoms with van der Waals surface area (Å²) < 4.78 is 28.4. The summed E-state index contributed by atoms with van der Waals surface area (Å²) in [5.41, 5.74) is 0.237. The van der Waals surface area contributed by atoms with Gasteiger partial charge in [-0.05, 0) is 35.2 Å². The van der Waals surface area contributed by atoms with Crippen molar-refractivity contribution in [2.24, 2.45) is 0 Å². The minimum Gasteiger partial charge on any atom is -0.383 e. The number of fused-ring (bicyclic) bond motifs is 1. The summed E-state index contributed by atoms with van der Waals surface area (Å²) in [6, 6.07) is 6.93. The topological polar surface area (TPSA) is 20.2 Å². The standard InChI is InChI=1S/C13H8F2OS2/c14-8-3-7(4-9(15)5-8)13(16)12-6-11-10(18-12)1-2-17-11/h1-6,13,16H. The van der Waals surface area contributed by atoms with Crippen LogP contribution in [0.25, 0.3) is 9.40 Å². The molecule has 0 saturated carbocycles.